The maximum atomic E-state index is 13.1. The van der Waals surface area contributed by atoms with Crippen LogP contribution in [0.15, 0.2) is 36.4 Å². The summed E-state index contributed by atoms with van der Waals surface area (Å²) >= 11 is 5.97. The van der Waals surface area contributed by atoms with E-state index in [1.165, 1.54) is 18.2 Å². The first-order chi connectivity index (χ1) is 15.3. The van der Waals surface area contributed by atoms with E-state index in [4.69, 9.17) is 26.3 Å². The summed E-state index contributed by atoms with van der Waals surface area (Å²) < 4.78 is 11.3. The zero-order valence-corrected chi connectivity index (χ0v) is 17.9. The van der Waals surface area contributed by atoms with Crippen molar-refractivity contribution < 1.29 is 23.9 Å². The third-order valence-electron chi connectivity index (χ3n) is 5.27. The van der Waals surface area contributed by atoms with Crippen LogP contribution in [-0.2, 0) is 15.1 Å². The second kappa shape index (κ2) is 8.40. The molecule has 2 N–H and O–H groups in total. The first-order valence-corrected chi connectivity index (χ1v) is 10.2. The Balaban J connectivity index is 1.50. The molecule has 0 saturated carbocycles. The van der Waals surface area contributed by atoms with E-state index in [-0.39, 0.29) is 10.6 Å². The molecule has 164 valence electrons. The van der Waals surface area contributed by atoms with Gasteiger partial charge in [0, 0.05) is 12.1 Å². The van der Waals surface area contributed by atoms with Crippen LogP contribution in [0.25, 0.3) is 0 Å². The Morgan fingerprint density at radius 1 is 1.22 bits per heavy atom. The molecule has 2 aliphatic heterocycles. The molecule has 0 spiro atoms. The molecule has 1 atom stereocenters. The lowest BCUT2D eigenvalue weighted by Crippen LogP contribution is -2.42. The molecule has 2 aromatic rings. The van der Waals surface area contributed by atoms with Crippen LogP contribution in [-0.4, -0.2) is 42.5 Å². The highest BCUT2D eigenvalue weighted by atomic mass is 35.5. The Bertz CT molecular complexity index is 1160. The fraction of sp³-hybridized carbons (Fsp3) is 0.273. The number of hydrogen-bond donors (Lipinski definition) is 2. The predicted molar refractivity (Wildman–Crippen MR) is 114 cm³/mol. The van der Waals surface area contributed by atoms with Gasteiger partial charge in [-0.2, -0.15) is 5.26 Å². The number of ether oxygens (including phenoxy) is 2. The van der Waals surface area contributed by atoms with E-state index in [0.717, 1.165) is 11.3 Å². The zero-order valence-electron chi connectivity index (χ0n) is 17.1. The number of rotatable bonds is 4. The number of amides is 4. The van der Waals surface area contributed by atoms with Crippen molar-refractivity contribution in [3.8, 4) is 17.6 Å². The summed E-state index contributed by atoms with van der Waals surface area (Å²) in [7, 11) is 0. The van der Waals surface area contributed by atoms with E-state index in [9.17, 15) is 14.4 Å². The second-order valence-corrected chi connectivity index (χ2v) is 7.92. The molecule has 1 fully saturated rings. The normalized spacial score (nSPS) is 19.7. The van der Waals surface area contributed by atoms with Crippen LogP contribution in [0.2, 0.25) is 5.02 Å². The van der Waals surface area contributed by atoms with Crippen molar-refractivity contribution in [1.82, 2.24) is 10.2 Å². The van der Waals surface area contributed by atoms with Gasteiger partial charge < -0.3 is 20.1 Å². The van der Waals surface area contributed by atoms with Gasteiger partial charge in [0.05, 0.1) is 23.8 Å². The lowest BCUT2D eigenvalue weighted by molar-refractivity contribution is -0.133. The Labute approximate surface area is 188 Å². The number of carbonyl (C=O) groups excluding carboxylic acids is 3. The molecule has 4 rings (SSSR count). The fourth-order valence-corrected chi connectivity index (χ4v) is 3.76. The van der Waals surface area contributed by atoms with Gasteiger partial charge in [-0.1, -0.05) is 17.7 Å². The van der Waals surface area contributed by atoms with Crippen molar-refractivity contribution in [3.63, 3.8) is 0 Å². The minimum Gasteiger partial charge on any atom is -0.490 e. The maximum absolute atomic E-state index is 13.1. The average Bonchev–Trinajstić information content (AvgIpc) is 2.93. The summed E-state index contributed by atoms with van der Waals surface area (Å²) in [6, 6.07) is 10.7. The summed E-state index contributed by atoms with van der Waals surface area (Å²) in [4.78, 5) is 39.0. The van der Waals surface area contributed by atoms with Crippen LogP contribution < -0.4 is 20.1 Å². The Morgan fingerprint density at radius 3 is 2.69 bits per heavy atom. The Hall–Kier alpha value is -3.77. The minimum atomic E-state index is -1.36. The molecule has 0 bridgehead atoms. The second-order valence-electron chi connectivity index (χ2n) is 7.51. The van der Waals surface area contributed by atoms with Crippen LogP contribution in [0.3, 0.4) is 0 Å². The smallest absolute Gasteiger partial charge is 0.325 e. The lowest BCUT2D eigenvalue weighted by atomic mass is 9.91. The minimum absolute atomic E-state index is 0.183. The molecule has 2 heterocycles. The number of carbonyl (C=O) groups is 3. The Morgan fingerprint density at radius 2 is 1.97 bits per heavy atom. The third-order valence-corrected chi connectivity index (χ3v) is 5.59. The summed E-state index contributed by atoms with van der Waals surface area (Å²) in [6.07, 6.45) is 0.740. The largest absolute Gasteiger partial charge is 0.490 e. The predicted octanol–water partition coefficient (Wildman–Crippen LogP) is 2.78. The van der Waals surface area contributed by atoms with E-state index >= 15 is 0 Å². The summed E-state index contributed by atoms with van der Waals surface area (Å²) in [5.41, 5.74) is -0.233. The van der Waals surface area contributed by atoms with Crippen molar-refractivity contribution in [3.05, 3.63) is 52.5 Å². The maximum Gasteiger partial charge on any atom is 0.325 e. The molecule has 0 aliphatic carbocycles. The number of benzene rings is 2. The molecule has 0 aromatic heterocycles. The SMILES string of the molecule is C[C@]1(c2ccc3c(c2)OCCCO3)NC(=O)N(CC(=O)Nc2ccc(C#N)c(Cl)c2)C1=O. The van der Waals surface area contributed by atoms with Gasteiger partial charge in [0.1, 0.15) is 18.2 Å². The van der Waals surface area contributed by atoms with Gasteiger partial charge in [0.25, 0.3) is 5.91 Å². The van der Waals surface area contributed by atoms with Crippen LogP contribution in [0.4, 0.5) is 10.5 Å². The number of urea groups is 1. The van der Waals surface area contributed by atoms with Gasteiger partial charge in [-0.3, -0.25) is 14.5 Å². The molecule has 2 aliphatic rings. The quantitative estimate of drug-likeness (QED) is 0.685. The number of nitrogens with zero attached hydrogens (tertiary/aromatic N) is 2. The molecule has 9 nitrogen and oxygen atoms in total. The van der Waals surface area contributed by atoms with E-state index in [2.05, 4.69) is 10.6 Å². The van der Waals surface area contributed by atoms with E-state index in [1.54, 1.807) is 25.1 Å². The first kappa shape index (κ1) is 21.5. The summed E-state index contributed by atoms with van der Waals surface area (Å²) in [5, 5.41) is 14.4. The van der Waals surface area contributed by atoms with Gasteiger partial charge >= 0.3 is 6.03 Å². The average molecular weight is 455 g/mol. The summed E-state index contributed by atoms with van der Waals surface area (Å²) in [6.45, 7) is 2.11. The lowest BCUT2D eigenvalue weighted by Gasteiger charge is -2.23. The van der Waals surface area contributed by atoms with E-state index < -0.39 is 29.9 Å². The monoisotopic (exact) mass is 454 g/mol. The van der Waals surface area contributed by atoms with Gasteiger partial charge in [-0.15, -0.1) is 0 Å². The Kier molecular flexibility index (Phi) is 5.63. The topological polar surface area (TPSA) is 121 Å². The van der Waals surface area contributed by atoms with Gasteiger partial charge in [0.15, 0.2) is 11.5 Å². The number of nitrogens with one attached hydrogen (secondary N) is 2. The number of anilines is 1. The number of fused-ring (bicyclic) bond motifs is 1. The number of nitriles is 1. The molecule has 10 heteroatoms. The highest BCUT2D eigenvalue weighted by Crippen LogP contribution is 2.36. The molecule has 0 radical (unpaired) electrons. The highest BCUT2D eigenvalue weighted by molar-refractivity contribution is 6.32. The molecular formula is C22H19ClN4O5. The number of imide groups is 1. The van der Waals surface area contributed by atoms with Crippen LogP contribution in [0, 0.1) is 11.3 Å². The molecule has 32 heavy (non-hydrogen) atoms. The van der Waals surface area contributed by atoms with Crippen molar-refractivity contribution in [1.29, 1.82) is 5.26 Å². The molecular weight excluding hydrogens is 436 g/mol. The standard InChI is InChI=1S/C22H19ClN4O5/c1-22(14-4-6-17-18(9-14)32-8-2-7-31-17)20(29)27(21(30)26-22)12-19(28)25-15-5-3-13(11-24)16(23)10-15/h3-6,9-10H,2,7-8,12H2,1H3,(H,25,28)(H,26,30)/t22-/m1/s1. The van der Waals surface area contributed by atoms with Crippen LogP contribution in [0.1, 0.15) is 24.5 Å². The molecule has 0 unspecified atom stereocenters. The highest BCUT2D eigenvalue weighted by Gasteiger charge is 2.49. The fourth-order valence-electron chi connectivity index (χ4n) is 3.54. The van der Waals surface area contributed by atoms with Crippen molar-refractivity contribution >= 4 is 35.1 Å². The third kappa shape index (κ3) is 3.92. The van der Waals surface area contributed by atoms with Crippen molar-refractivity contribution in [2.24, 2.45) is 0 Å². The molecule has 2 aromatic carbocycles. The van der Waals surface area contributed by atoms with Crippen LogP contribution in [0.5, 0.6) is 11.5 Å². The van der Waals surface area contributed by atoms with Gasteiger partial charge in [0.2, 0.25) is 5.91 Å². The number of halogens is 1. The van der Waals surface area contributed by atoms with Gasteiger partial charge in [-0.25, -0.2) is 4.79 Å². The van der Waals surface area contributed by atoms with Gasteiger partial charge in [-0.05, 0) is 42.8 Å². The molecule has 4 amide bonds. The number of hydrogen-bond acceptors (Lipinski definition) is 6. The summed E-state index contributed by atoms with van der Waals surface area (Å²) in [5.74, 6) is -0.0803. The van der Waals surface area contributed by atoms with E-state index in [1.807, 2.05) is 6.07 Å². The van der Waals surface area contributed by atoms with Crippen molar-refractivity contribution in [2.75, 3.05) is 25.1 Å². The zero-order chi connectivity index (χ0) is 22.9. The molecule has 1 saturated heterocycles. The first-order valence-electron chi connectivity index (χ1n) is 9.85. The van der Waals surface area contributed by atoms with E-state index in [0.29, 0.717) is 36.0 Å². The van der Waals surface area contributed by atoms with Crippen LogP contribution >= 0.6 is 11.6 Å². The van der Waals surface area contributed by atoms with Crippen molar-refractivity contribution in [2.45, 2.75) is 18.9 Å².